The van der Waals surface area contributed by atoms with E-state index in [0.717, 1.165) is 63.5 Å². The minimum Gasteiger partial charge on any atom is -0.468 e. The van der Waals surface area contributed by atoms with Gasteiger partial charge >= 0.3 is 0 Å². The minimum absolute atomic E-state index is 0.181. The van der Waals surface area contributed by atoms with Crippen LogP contribution in [0.15, 0.2) is 46.3 Å². The summed E-state index contributed by atoms with van der Waals surface area (Å²) < 4.78 is 5.70. The van der Waals surface area contributed by atoms with Gasteiger partial charge in [0.15, 0.2) is 5.96 Å². The second-order valence-corrected chi connectivity index (χ2v) is 6.70. The van der Waals surface area contributed by atoms with E-state index < -0.39 is 0 Å². The van der Waals surface area contributed by atoms with Crippen LogP contribution in [-0.2, 0) is 0 Å². The lowest BCUT2D eigenvalue weighted by Crippen LogP contribution is -2.53. The van der Waals surface area contributed by atoms with Gasteiger partial charge in [-0.2, -0.15) is 0 Å². The van der Waals surface area contributed by atoms with Crippen molar-refractivity contribution < 1.29 is 4.42 Å². The second kappa shape index (κ2) is 10.1. The van der Waals surface area contributed by atoms with Crippen molar-refractivity contribution in [3.8, 4) is 0 Å². The highest BCUT2D eigenvalue weighted by atomic mass is 16.3. The first-order valence-corrected chi connectivity index (χ1v) is 10.0. The summed E-state index contributed by atoms with van der Waals surface area (Å²) in [5.41, 5.74) is 0. The average molecular weight is 386 g/mol. The fraction of sp³-hybridized carbons (Fsp3) is 0.550. The van der Waals surface area contributed by atoms with Gasteiger partial charge in [0, 0.05) is 52.2 Å². The fourth-order valence-corrected chi connectivity index (χ4v) is 3.65. The maximum absolute atomic E-state index is 5.70. The summed E-state index contributed by atoms with van der Waals surface area (Å²) in [5, 5.41) is 3.56. The van der Waals surface area contributed by atoms with Crippen LogP contribution in [0.1, 0.15) is 25.6 Å². The molecule has 1 saturated heterocycles. The third kappa shape index (κ3) is 4.81. The highest BCUT2D eigenvalue weighted by Crippen LogP contribution is 2.20. The molecule has 0 spiro atoms. The van der Waals surface area contributed by atoms with Crippen LogP contribution in [0.5, 0.6) is 0 Å². The molecule has 3 heterocycles. The van der Waals surface area contributed by atoms with E-state index >= 15 is 0 Å². The van der Waals surface area contributed by atoms with E-state index in [1.807, 2.05) is 25.2 Å². The molecule has 0 aliphatic carbocycles. The number of aliphatic imine (C=N–C) groups is 1. The molecule has 0 bridgehead atoms. The standard InChI is InChI=1S/C20H31N7O/c1-4-25(5-2)17(18-8-6-15-28-18)16-24-19(21-3)26-11-13-27(14-12-26)20-22-9-7-10-23-20/h6-10,15,17H,4-5,11-14,16H2,1-3H3,(H,21,24). The molecule has 1 fully saturated rings. The molecular weight excluding hydrogens is 354 g/mol. The van der Waals surface area contributed by atoms with Gasteiger partial charge in [-0.1, -0.05) is 13.8 Å². The second-order valence-electron chi connectivity index (χ2n) is 6.70. The molecule has 0 aromatic carbocycles. The molecule has 2 aromatic rings. The number of furan rings is 1. The molecule has 1 aliphatic rings. The Hall–Kier alpha value is -2.61. The van der Waals surface area contributed by atoms with Gasteiger partial charge in [0.2, 0.25) is 5.95 Å². The Balaban J connectivity index is 1.58. The Bertz CT molecular complexity index is 707. The molecule has 1 atom stereocenters. The van der Waals surface area contributed by atoms with Gasteiger partial charge in [-0.3, -0.25) is 9.89 Å². The zero-order valence-electron chi connectivity index (χ0n) is 17.1. The van der Waals surface area contributed by atoms with Gasteiger partial charge in [-0.25, -0.2) is 9.97 Å². The maximum atomic E-state index is 5.70. The number of rotatable bonds is 7. The van der Waals surface area contributed by atoms with Crippen molar-refractivity contribution in [1.29, 1.82) is 0 Å². The molecule has 8 nitrogen and oxygen atoms in total. The monoisotopic (exact) mass is 385 g/mol. The third-order valence-electron chi connectivity index (χ3n) is 5.20. The molecular formula is C20H31N7O. The van der Waals surface area contributed by atoms with E-state index in [-0.39, 0.29) is 6.04 Å². The highest BCUT2D eigenvalue weighted by molar-refractivity contribution is 5.80. The topological polar surface area (TPSA) is 73.0 Å². The molecule has 3 rings (SSSR count). The molecule has 152 valence electrons. The van der Waals surface area contributed by atoms with Crippen molar-refractivity contribution in [2.24, 2.45) is 4.99 Å². The molecule has 0 amide bonds. The number of likely N-dealkylation sites (N-methyl/N-ethyl adjacent to an activating group) is 1. The number of anilines is 1. The van der Waals surface area contributed by atoms with Gasteiger partial charge in [-0.15, -0.1) is 0 Å². The van der Waals surface area contributed by atoms with Gasteiger partial charge < -0.3 is 19.5 Å². The number of guanidine groups is 1. The first-order chi connectivity index (χ1) is 13.8. The van der Waals surface area contributed by atoms with E-state index in [1.165, 1.54) is 0 Å². The summed E-state index contributed by atoms with van der Waals surface area (Å²) >= 11 is 0. The quantitative estimate of drug-likeness (QED) is 0.576. The smallest absolute Gasteiger partial charge is 0.225 e. The van der Waals surface area contributed by atoms with Gasteiger partial charge in [0.05, 0.1) is 12.3 Å². The summed E-state index contributed by atoms with van der Waals surface area (Å²) in [6, 6.07) is 6.02. The maximum Gasteiger partial charge on any atom is 0.225 e. The summed E-state index contributed by atoms with van der Waals surface area (Å²) in [7, 11) is 1.84. The first-order valence-electron chi connectivity index (χ1n) is 10.0. The summed E-state index contributed by atoms with van der Waals surface area (Å²) in [6.45, 7) is 10.6. The van der Waals surface area contributed by atoms with Crippen molar-refractivity contribution >= 4 is 11.9 Å². The Kier molecular flexibility index (Phi) is 7.25. The van der Waals surface area contributed by atoms with Crippen LogP contribution in [0, 0.1) is 0 Å². The molecule has 1 aliphatic heterocycles. The number of nitrogens with one attached hydrogen (secondary N) is 1. The Morgan fingerprint density at radius 3 is 2.46 bits per heavy atom. The predicted molar refractivity (Wildman–Crippen MR) is 112 cm³/mol. The van der Waals surface area contributed by atoms with Crippen LogP contribution in [-0.4, -0.2) is 78.6 Å². The molecule has 1 N–H and O–H groups in total. The third-order valence-corrected chi connectivity index (χ3v) is 5.20. The summed E-state index contributed by atoms with van der Waals surface area (Å²) in [5.74, 6) is 2.71. The summed E-state index contributed by atoms with van der Waals surface area (Å²) in [4.78, 5) is 20.1. The van der Waals surface area contributed by atoms with Crippen LogP contribution in [0.4, 0.5) is 5.95 Å². The van der Waals surface area contributed by atoms with E-state index in [0.29, 0.717) is 0 Å². The van der Waals surface area contributed by atoms with Gasteiger partial charge in [0.1, 0.15) is 5.76 Å². The van der Waals surface area contributed by atoms with E-state index in [2.05, 4.69) is 48.8 Å². The van der Waals surface area contributed by atoms with Crippen molar-refractivity contribution in [1.82, 2.24) is 25.1 Å². The number of nitrogens with zero attached hydrogens (tertiary/aromatic N) is 6. The molecule has 2 aromatic heterocycles. The number of hydrogen-bond donors (Lipinski definition) is 1. The molecule has 1 unspecified atom stereocenters. The van der Waals surface area contributed by atoms with Crippen LogP contribution in [0.2, 0.25) is 0 Å². The Morgan fingerprint density at radius 1 is 1.18 bits per heavy atom. The number of hydrogen-bond acceptors (Lipinski definition) is 6. The minimum atomic E-state index is 0.181. The largest absolute Gasteiger partial charge is 0.468 e. The zero-order valence-corrected chi connectivity index (χ0v) is 17.1. The number of aromatic nitrogens is 2. The molecule has 28 heavy (non-hydrogen) atoms. The molecule has 0 saturated carbocycles. The zero-order chi connectivity index (χ0) is 19.8. The predicted octanol–water partition coefficient (Wildman–Crippen LogP) is 1.85. The lowest BCUT2D eigenvalue weighted by Gasteiger charge is -2.37. The van der Waals surface area contributed by atoms with E-state index in [1.54, 1.807) is 18.7 Å². The van der Waals surface area contributed by atoms with E-state index in [4.69, 9.17) is 4.42 Å². The van der Waals surface area contributed by atoms with Gasteiger partial charge in [0.25, 0.3) is 0 Å². The van der Waals surface area contributed by atoms with Crippen LogP contribution in [0.3, 0.4) is 0 Å². The SMILES string of the molecule is CCN(CC)C(CNC(=NC)N1CCN(c2ncccn2)CC1)c1ccco1. The lowest BCUT2D eigenvalue weighted by atomic mass is 10.2. The van der Waals surface area contributed by atoms with Crippen molar-refractivity contribution in [3.05, 3.63) is 42.6 Å². The normalized spacial score (nSPS) is 16.5. The van der Waals surface area contributed by atoms with Crippen molar-refractivity contribution in [2.75, 3.05) is 57.8 Å². The summed E-state index contributed by atoms with van der Waals surface area (Å²) in [6.07, 6.45) is 5.32. The first kappa shape index (κ1) is 20.1. The molecule has 0 radical (unpaired) electrons. The molecule has 8 heteroatoms. The van der Waals surface area contributed by atoms with Crippen molar-refractivity contribution in [2.45, 2.75) is 19.9 Å². The van der Waals surface area contributed by atoms with Crippen LogP contribution in [0.25, 0.3) is 0 Å². The fourth-order valence-electron chi connectivity index (χ4n) is 3.65. The van der Waals surface area contributed by atoms with E-state index in [9.17, 15) is 0 Å². The Labute approximate surface area is 167 Å². The highest BCUT2D eigenvalue weighted by Gasteiger charge is 2.24. The Morgan fingerprint density at radius 2 is 1.89 bits per heavy atom. The van der Waals surface area contributed by atoms with Gasteiger partial charge in [-0.05, 0) is 31.3 Å². The van der Waals surface area contributed by atoms with Crippen LogP contribution < -0.4 is 10.2 Å². The average Bonchev–Trinajstić information content (AvgIpc) is 3.29. The lowest BCUT2D eigenvalue weighted by molar-refractivity contribution is 0.192. The number of piperazine rings is 1. The van der Waals surface area contributed by atoms with Crippen molar-refractivity contribution in [3.63, 3.8) is 0 Å². The van der Waals surface area contributed by atoms with Crippen LogP contribution >= 0.6 is 0 Å².